The van der Waals surface area contributed by atoms with Gasteiger partial charge in [0, 0.05) is 6.04 Å². The van der Waals surface area contributed by atoms with Gasteiger partial charge in [-0.3, -0.25) is 0 Å². The van der Waals surface area contributed by atoms with E-state index in [-0.39, 0.29) is 6.04 Å². The molecule has 0 heterocycles. The Morgan fingerprint density at radius 1 is 1.00 bits per heavy atom. The predicted octanol–water partition coefficient (Wildman–Crippen LogP) is 2.94. The van der Waals surface area contributed by atoms with E-state index in [0.29, 0.717) is 0 Å². The molecule has 0 fully saturated rings. The van der Waals surface area contributed by atoms with Crippen LogP contribution in [0.5, 0.6) is 5.75 Å². The van der Waals surface area contributed by atoms with Crippen LogP contribution in [0, 0.1) is 0 Å². The standard InChI is InChI=1S/C15H17NO/c1-17-14-9-7-13(8-10-14)15(16)11-12-5-3-2-4-6-12/h2-10,15H,11,16H2,1H3/t15-/m1/s1. The number of methoxy groups -OCH3 is 1. The van der Waals surface area contributed by atoms with Gasteiger partial charge in [0.05, 0.1) is 7.11 Å². The van der Waals surface area contributed by atoms with Gasteiger partial charge in [-0.25, -0.2) is 0 Å². The van der Waals surface area contributed by atoms with E-state index < -0.39 is 0 Å². The number of rotatable bonds is 4. The summed E-state index contributed by atoms with van der Waals surface area (Å²) >= 11 is 0. The molecule has 17 heavy (non-hydrogen) atoms. The van der Waals surface area contributed by atoms with Crippen molar-refractivity contribution in [3.8, 4) is 5.75 Å². The van der Waals surface area contributed by atoms with Gasteiger partial charge in [0.25, 0.3) is 0 Å². The maximum absolute atomic E-state index is 6.18. The van der Waals surface area contributed by atoms with Crippen LogP contribution in [0.25, 0.3) is 0 Å². The number of benzene rings is 2. The summed E-state index contributed by atoms with van der Waals surface area (Å²) < 4.78 is 5.13. The highest BCUT2D eigenvalue weighted by Crippen LogP contribution is 2.19. The monoisotopic (exact) mass is 227 g/mol. The second-order valence-corrected chi connectivity index (χ2v) is 4.07. The summed E-state index contributed by atoms with van der Waals surface area (Å²) in [7, 11) is 1.67. The average molecular weight is 227 g/mol. The third-order valence-electron chi connectivity index (χ3n) is 2.84. The molecule has 0 unspecified atom stereocenters. The Morgan fingerprint density at radius 3 is 2.24 bits per heavy atom. The topological polar surface area (TPSA) is 35.2 Å². The van der Waals surface area contributed by atoms with Crippen molar-refractivity contribution in [1.82, 2.24) is 0 Å². The maximum atomic E-state index is 6.18. The first-order valence-corrected chi connectivity index (χ1v) is 5.73. The minimum absolute atomic E-state index is 0.0308. The zero-order valence-electron chi connectivity index (χ0n) is 9.97. The van der Waals surface area contributed by atoms with Crippen molar-refractivity contribution in [1.29, 1.82) is 0 Å². The van der Waals surface area contributed by atoms with Gasteiger partial charge in [-0.05, 0) is 29.7 Å². The second-order valence-electron chi connectivity index (χ2n) is 4.07. The summed E-state index contributed by atoms with van der Waals surface area (Å²) in [6.45, 7) is 0. The summed E-state index contributed by atoms with van der Waals surface area (Å²) in [6.07, 6.45) is 0.854. The van der Waals surface area contributed by atoms with Crippen LogP contribution in [0.4, 0.5) is 0 Å². The van der Waals surface area contributed by atoms with E-state index in [1.807, 2.05) is 42.5 Å². The SMILES string of the molecule is COc1ccc([C@H](N)Cc2ccccc2)cc1. The summed E-state index contributed by atoms with van der Waals surface area (Å²) in [6, 6.07) is 18.3. The average Bonchev–Trinajstić information content (AvgIpc) is 2.40. The van der Waals surface area contributed by atoms with Crippen LogP contribution in [0.2, 0.25) is 0 Å². The second kappa shape index (κ2) is 5.51. The van der Waals surface area contributed by atoms with Gasteiger partial charge in [-0.2, -0.15) is 0 Å². The molecule has 0 amide bonds. The molecule has 0 radical (unpaired) electrons. The smallest absolute Gasteiger partial charge is 0.118 e. The van der Waals surface area contributed by atoms with Crippen LogP contribution in [0.15, 0.2) is 54.6 Å². The molecule has 0 bridgehead atoms. The van der Waals surface area contributed by atoms with E-state index in [1.54, 1.807) is 7.11 Å². The molecule has 2 aromatic rings. The first-order chi connectivity index (χ1) is 8.29. The molecular weight excluding hydrogens is 210 g/mol. The first-order valence-electron chi connectivity index (χ1n) is 5.73. The lowest BCUT2D eigenvalue weighted by atomic mass is 10.00. The molecule has 2 nitrogen and oxygen atoms in total. The van der Waals surface area contributed by atoms with Crippen molar-refractivity contribution in [2.24, 2.45) is 5.73 Å². The molecule has 0 aliphatic heterocycles. The third-order valence-corrected chi connectivity index (χ3v) is 2.84. The molecule has 0 aliphatic rings. The molecule has 0 saturated carbocycles. The van der Waals surface area contributed by atoms with E-state index >= 15 is 0 Å². The quantitative estimate of drug-likeness (QED) is 0.871. The predicted molar refractivity (Wildman–Crippen MR) is 70.1 cm³/mol. The van der Waals surface area contributed by atoms with Gasteiger partial charge in [0.15, 0.2) is 0 Å². The van der Waals surface area contributed by atoms with Gasteiger partial charge < -0.3 is 10.5 Å². The lowest BCUT2D eigenvalue weighted by Gasteiger charge is -2.12. The third kappa shape index (κ3) is 3.08. The highest BCUT2D eigenvalue weighted by molar-refractivity contribution is 5.30. The Kier molecular flexibility index (Phi) is 3.78. The van der Waals surface area contributed by atoms with E-state index in [9.17, 15) is 0 Å². The Morgan fingerprint density at radius 2 is 1.65 bits per heavy atom. The minimum atomic E-state index is 0.0308. The van der Waals surface area contributed by atoms with E-state index in [2.05, 4.69) is 12.1 Å². The van der Waals surface area contributed by atoms with Crippen molar-refractivity contribution in [2.45, 2.75) is 12.5 Å². The first kappa shape index (κ1) is 11.7. The number of hydrogen-bond donors (Lipinski definition) is 1. The fraction of sp³-hybridized carbons (Fsp3) is 0.200. The highest BCUT2D eigenvalue weighted by atomic mass is 16.5. The van der Waals surface area contributed by atoms with Gasteiger partial charge in [0.1, 0.15) is 5.75 Å². The lowest BCUT2D eigenvalue weighted by Crippen LogP contribution is -2.13. The lowest BCUT2D eigenvalue weighted by molar-refractivity contribution is 0.414. The number of hydrogen-bond acceptors (Lipinski definition) is 2. The zero-order chi connectivity index (χ0) is 12.1. The van der Waals surface area contributed by atoms with Crippen molar-refractivity contribution < 1.29 is 4.74 Å². The fourth-order valence-corrected chi connectivity index (χ4v) is 1.84. The van der Waals surface area contributed by atoms with Crippen molar-refractivity contribution >= 4 is 0 Å². The number of nitrogens with two attached hydrogens (primary N) is 1. The van der Waals surface area contributed by atoms with E-state index in [1.165, 1.54) is 5.56 Å². The molecule has 2 aromatic carbocycles. The van der Waals surface area contributed by atoms with Crippen molar-refractivity contribution in [3.63, 3.8) is 0 Å². The van der Waals surface area contributed by atoms with Crippen LogP contribution >= 0.6 is 0 Å². The van der Waals surface area contributed by atoms with Crippen LogP contribution < -0.4 is 10.5 Å². The van der Waals surface area contributed by atoms with Crippen LogP contribution in [0.3, 0.4) is 0 Å². The molecule has 0 spiro atoms. The van der Waals surface area contributed by atoms with Crippen LogP contribution in [-0.4, -0.2) is 7.11 Å². The largest absolute Gasteiger partial charge is 0.497 e. The van der Waals surface area contributed by atoms with Crippen LogP contribution in [0.1, 0.15) is 17.2 Å². The normalized spacial score (nSPS) is 12.1. The Hall–Kier alpha value is -1.80. The Balaban J connectivity index is 2.06. The molecule has 0 saturated heterocycles. The Bertz CT molecular complexity index is 450. The highest BCUT2D eigenvalue weighted by Gasteiger charge is 2.06. The fourth-order valence-electron chi connectivity index (χ4n) is 1.84. The molecule has 2 heteroatoms. The number of ether oxygens (including phenoxy) is 1. The van der Waals surface area contributed by atoms with E-state index in [4.69, 9.17) is 10.5 Å². The maximum Gasteiger partial charge on any atom is 0.118 e. The summed E-state index contributed by atoms with van der Waals surface area (Å²) in [5.74, 6) is 0.862. The van der Waals surface area contributed by atoms with E-state index in [0.717, 1.165) is 17.7 Å². The van der Waals surface area contributed by atoms with Gasteiger partial charge in [-0.15, -0.1) is 0 Å². The summed E-state index contributed by atoms with van der Waals surface area (Å²) in [4.78, 5) is 0. The van der Waals surface area contributed by atoms with Gasteiger partial charge in [0.2, 0.25) is 0 Å². The molecule has 0 aliphatic carbocycles. The Labute approximate surface area is 102 Å². The molecule has 0 aromatic heterocycles. The summed E-state index contributed by atoms with van der Waals surface area (Å²) in [5, 5.41) is 0. The molecule has 2 rings (SSSR count). The van der Waals surface area contributed by atoms with Gasteiger partial charge >= 0.3 is 0 Å². The summed E-state index contributed by atoms with van der Waals surface area (Å²) in [5.41, 5.74) is 8.57. The zero-order valence-corrected chi connectivity index (χ0v) is 9.97. The van der Waals surface area contributed by atoms with Crippen molar-refractivity contribution in [3.05, 3.63) is 65.7 Å². The molecule has 88 valence electrons. The molecule has 1 atom stereocenters. The van der Waals surface area contributed by atoms with Crippen molar-refractivity contribution in [2.75, 3.05) is 7.11 Å². The van der Waals surface area contributed by atoms with Crippen LogP contribution in [-0.2, 0) is 6.42 Å². The molecular formula is C15H17NO. The minimum Gasteiger partial charge on any atom is -0.497 e. The van der Waals surface area contributed by atoms with Gasteiger partial charge in [-0.1, -0.05) is 42.5 Å². The molecule has 2 N–H and O–H groups in total.